The lowest BCUT2D eigenvalue weighted by Crippen LogP contribution is -2.45. The number of halogens is 5. The van der Waals surface area contributed by atoms with Gasteiger partial charge in [-0.05, 0) is 6.42 Å². The van der Waals surface area contributed by atoms with Crippen LogP contribution in [0.15, 0.2) is 0 Å². The average Bonchev–Trinajstić information content (AvgIpc) is 2.55. The van der Waals surface area contributed by atoms with Crippen molar-refractivity contribution in [2.75, 3.05) is 6.61 Å². The van der Waals surface area contributed by atoms with Crippen LogP contribution < -0.4 is 5.73 Å². The second-order valence-corrected chi connectivity index (χ2v) is 4.04. The molecular weight excluding hydrogens is 265 g/mol. The molecule has 1 fully saturated rings. The van der Waals surface area contributed by atoms with E-state index >= 15 is 0 Å². The van der Waals surface area contributed by atoms with Gasteiger partial charge in [-0.2, -0.15) is 13.2 Å². The van der Waals surface area contributed by atoms with Crippen molar-refractivity contribution in [3.63, 3.8) is 0 Å². The number of esters is 1. The molecule has 0 spiro atoms. The van der Waals surface area contributed by atoms with Crippen LogP contribution in [0.1, 0.15) is 19.3 Å². The molecule has 1 aliphatic rings. The third-order valence-corrected chi connectivity index (χ3v) is 2.45. The minimum Gasteiger partial charge on any atom is -0.437 e. The van der Waals surface area contributed by atoms with Gasteiger partial charge < -0.3 is 9.47 Å². The molecule has 0 amide bonds. The molecule has 0 bridgehead atoms. The molecule has 1 aliphatic carbocycles. The molecule has 0 saturated heterocycles. The Labute approximate surface area is 99.2 Å². The predicted molar refractivity (Wildman–Crippen MR) is 48.7 cm³/mol. The smallest absolute Gasteiger partial charge is 0.437 e. The van der Waals surface area contributed by atoms with Crippen LogP contribution in [0.5, 0.6) is 0 Å². The molecular formula is C9H12F5NO3. The minimum absolute atomic E-state index is 0.0667. The number of alkyl halides is 5. The van der Waals surface area contributed by atoms with Gasteiger partial charge in [0.1, 0.15) is 6.61 Å². The molecule has 1 saturated carbocycles. The van der Waals surface area contributed by atoms with Gasteiger partial charge in [-0.25, -0.2) is 13.6 Å². The van der Waals surface area contributed by atoms with Crippen LogP contribution in [-0.2, 0) is 14.3 Å². The molecule has 1 rings (SSSR count). The summed E-state index contributed by atoms with van der Waals surface area (Å²) in [5, 5.41) is 0. The van der Waals surface area contributed by atoms with Gasteiger partial charge in [0.05, 0.1) is 6.10 Å². The molecule has 4 nitrogen and oxygen atoms in total. The van der Waals surface area contributed by atoms with Crippen LogP contribution in [0.4, 0.5) is 22.0 Å². The van der Waals surface area contributed by atoms with E-state index in [1.165, 1.54) is 0 Å². The van der Waals surface area contributed by atoms with E-state index < -0.39 is 37.0 Å². The number of carbonyl (C=O) groups excluding carboxylic acids is 1. The van der Waals surface area contributed by atoms with Crippen molar-refractivity contribution in [1.29, 1.82) is 0 Å². The topological polar surface area (TPSA) is 61.5 Å². The van der Waals surface area contributed by atoms with Gasteiger partial charge >= 0.3 is 12.1 Å². The van der Waals surface area contributed by atoms with Gasteiger partial charge in [0, 0.05) is 12.8 Å². The fourth-order valence-corrected chi connectivity index (χ4v) is 1.68. The highest BCUT2D eigenvalue weighted by molar-refractivity contribution is 5.76. The number of nitrogens with two attached hydrogens (primary N) is 1. The largest absolute Gasteiger partial charge is 0.490 e. The lowest BCUT2D eigenvalue weighted by molar-refractivity contribution is -0.214. The molecule has 2 atom stereocenters. The lowest BCUT2D eigenvalue weighted by Gasteiger charge is -2.24. The highest BCUT2D eigenvalue weighted by atomic mass is 19.4. The van der Waals surface area contributed by atoms with Crippen LogP contribution in [0.25, 0.3) is 0 Å². The third-order valence-electron chi connectivity index (χ3n) is 2.45. The van der Waals surface area contributed by atoms with Gasteiger partial charge in [0.15, 0.2) is 5.72 Å². The number of rotatable bonds is 4. The SMILES string of the molecule is N[C@@]1(OC(=O)C(F)(F)F)CC[C@@H](OCC(F)F)C1. The molecule has 0 aromatic rings. The van der Waals surface area contributed by atoms with Crippen LogP contribution in [0.2, 0.25) is 0 Å². The summed E-state index contributed by atoms with van der Waals surface area (Å²) in [6.45, 7) is -0.825. The maximum absolute atomic E-state index is 12.0. The molecule has 106 valence electrons. The van der Waals surface area contributed by atoms with Gasteiger partial charge in [-0.1, -0.05) is 0 Å². The average molecular weight is 277 g/mol. The Morgan fingerprint density at radius 1 is 1.44 bits per heavy atom. The Balaban J connectivity index is 2.46. The van der Waals surface area contributed by atoms with E-state index in [4.69, 9.17) is 10.5 Å². The number of hydrogen-bond donors (Lipinski definition) is 1. The highest BCUT2D eigenvalue weighted by Gasteiger charge is 2.48. The maximum Gasteiger partial charge on any atom is 0.490 e. The summed E-state index contributed by atoms with van der Waals surface area (Å²) in [5.41, 5.74) is 3.64. The zero-order valence-electron chi connectivity index (χ0n) is 9.18. The number of hydrogen-bond acceptors (Lipinski definition) is 4. The summed E-state index contributed by atoms with van der Waals surface area (Å²) >= 11 is 0. The van der Waals surface area contributed by atoms with E-state index in [1.807, 2.05) is 0 Å². The molecule has 0 heterocycles. The first-order chi connectivity index (χ1) is 8.12. The minimum atomic E-state index is -5.13. The van der Waals surface area contributed by atoms with E-state index in [-0.39, 0.29) is 19.3 Å². The first kappa shape index (κ1) is 15.1. The Morgan fingerprint density at radius 3 is 2.56 bits per heavy atom. The third kappa shape index (κ3) is 4.37. The zero-order valence-corrected chi connectivity index (χ0v) is 9.18. The highest BCUT2D eigenvalue weighted by Crippen LogP contribution is 2.33. The fraction of sp³-hybridized carbons (Fsp3) is 0.889. The van der Waals surface area contributed by atoms with E-state index in [9.17, 15) is 26.7 Å². The Kier molecular flexibility index (Phi) is 4.49. The molecule has 0 unspecified atom stereocenters. The number of carbonyl (C=O) groups is 1. The van der Waals surface area contributed by atoms with E-state index in [0.29, 0.717) is 0 Å². The summed E-state index contributed by atoms with van der Waals surface area (Å²) in [6.07, 6.45) is -8.67. The monoisotopic (exact) mass is 277 g/mol. The molecule has 9 heteroatoms. The molecule has 0 aliphatic heterocycles. The standard InChI is InChI=1S/C9H12F5NO3/c10-6(11)4-17-5-1-2-8(15,3-5)18-7(16)9(12,13)14/h5-6H,1-4,15H2/t5-,8-/m1/s1. The lowest BCUT2D eigenvalue weighted by atomic mass is 10.2. The van der Waals surface area contributed by atoms with Gasteiger partial charge in [-0.15, -0.1) is 0 Å². The molecule has 0 aromatic heterocycles. The van der Waals surface area contributed by atoms with Gasteiger partial charge in [0.25, 0.3) is 6.43 Å². The van der Waals surface area contributed by atoms with E-state index in [1.54, 1.807) is 0 Å². The predicted octanol–water partition coefficient (Wildman–Crippen LogP) is 1.58. The normalized spacial score (nSPS) is 28.7. The fourth-order valence-electron chi connectivity index (χ4n) is 1.68. The molecule has 0 aromatic carbocycles. The van der Waals surface area contributed by atoms with Crippen molar-refractivity contribution in [1.82, 2.24) is 0 Å². The first-order valence-corrected chi connectivity index (χ1v) is 5.11. The Hall–Kier alpha value is -0.960. The van der Waals surface area contributed by atoms with Crippen molar-refractivity contribution in [2.45, 2.75) is 43.7 Å². The number of ether oxygens (including phenoxy) is 2. The zero-order chi connectivity index (χ0) is 14.0. The Morgan fingerprint density at radius 2 is 2.06 bits per heavy atom. The summed E-state index contributed by atoms with van der Waals surface area (Å²) in [7, 11) is 0. The molecule has 18 heavy (non-hydrogen) atoms. The second kappa shape index (κ2) is 5.35. The van der Waals surface area contributed by atoms with E-state index in [0.717, 1.165) is 0 Å². The first-order valence-electron chi connectivity index (χ1n) is 5.11. The van der Waals surface area contributed by atoms with Crippen LogP contribution >= 0.6 is 0 Å². The van der Waals surface area contributed by atoms with Gasteiger partial charge in [0.2, 0.25) is 0 Å². The van der Waals surface area contributed by atoms with Crippen molar-refractivity contribution in [3.05, 3.63) is 0 Å². The summed E-state index contributed by atoms with van der Waals surface area (Å²) < 4.78 is 68.5. The van der Waals surface area contributed by atoms with E-state index in [2.05, 4.69) is 4.74 Å². The maximum atomic E-state index is 12.0. The Bertz CT molecular complexity index is 309. The quantitative estimate of drug-likeness (QED) is 0.481. The van der Waals surface area contributed by atoms with Crippen molar-refractivity contribution >= 4 is 5.97 Å². The summed E-state index contributed by atoms with van der Waals surface area (Å²) in [4.78, 5) is 10.6. The molecule has 0 radical (unpaired) electrons. The van der Waals surface area contributed by atoms with Crippen LogP contribution in [0, 0.1) is 0 Å². The van der Waals surface area contributed by atoms with Crippen molar-refractivity contribution in [3.8, 4) is 0 Å². The second-order valence-electron chi connectivity index (χ2n) is 4.04. The van der Waals surface area contributed by atoms with Crippen LogP contribution in [-0.4, -0.2) is 37.0 Å². The van der Waals surface area contributed by atoms with Crippen LogP contribution in [0.3, 0.4) is 0 Å². The van der Waals surface area contributed by atoms with Gasteiger partial charge in [-0.3, -0.25) is 5.73 Å². The van der Waals surface area contributed by atoms with Crippen molar-refractivity contribution < 1.29 is 36.2 Å². The molecule has 2 N–H and O–H groups in total. The summed E-state index contributed by atoms with van der Waals surface area (Å²) in [5.74, 6) is -2.39. The summed E-state index contributed by atoms with van der Waals surface area (Å²) in [6, 6.07) is 0. The van der Waals surface area contributed by atoms with Crippen molar-refractivity contribution in [2.24, 2.45) is 5.73 Å².